The first kappa shape index (κ1) is 15.5. The highest BCUT2D eigenvalue weighted by Crippen LogP contribution is 2.04. The summed E-state index contributed by atoms with van der Waals surface area (Å²) in [5.41, 5.74) is 0. The quantitative estimate of drug-likeness (QED) is 0.362. The lowest BCUT2D eigenvalue weighted by Gasteiger charge is -1.99. The zero-order valence-electron chi connectivity index (χ0n) is 8.75. The highest BCUT2D eigenvalue weighted by atomic mass is 16.5. The monoisotopic (exact) mass is 199 g/mol. The lowest BCUT2D eigenvalue weighted by atomic mass is 10.1. The van der Waals surface area contributed by atoms with E-state index in [4.69, 9.17) is 0 Å². The normalized spacial score (nSPS) is 8.71. The lowest BCUT2D eigenvalue weighted by molar-refractivity contribution is -0.141. The van der Waals surface area contributed by atoms with E-state index in [1.165, 1.54) is 14.2 Å². The number of rotatable bonds is 6. The van der Waals surface area contributed by atoms with Gasteiger partial charge in [0.2, 0.25) is 0 Å². The van der Waals surface area contributed by atoms with Crippen LogP contribution in [-0.2, 0) is 19.1 Å². The van der Waals surface area contributed by atoms with Gasteiger partial charge >= 0.3 is 11.9 Å². The second-order valence-electron chi connectivity index (χ2n) is 2.71. The van der Waals surface area contributed by atoms with Gasteiger partial charge in [-0.15, -0.1) is 0 Å². The Morgan fingerprint density at radius 2 is 1.21 bits per heavy atom. The predicted molar refractivity (Wildman–Crippen MR) is 52.9 cm³/mol. The number of unbranched alkanes of at least 4 members (excludes halogenated alkanes) is 2. The van der Waals surface area contributed by atoms with Crippen LogP contribution in [-0.4, -0.2) is 34.6 Å². The summed E-state index contributed by atoms with van der Waals surface area (Å²) in [5, 5.41) is 0. The van der Waals surface area contributed by atoms with Crippen molar-refractivity contribution in [2.45, 2.75) is 32.1 Å². The molecule has 0 saturated heterocycles. The number of methoxy groups -OCH3 is 2. The van der Waals surface area contributed by atoms with Gasteiger partial charge in [0, 0.05) is 21.3 Å². The van der Waals surface area contributed by atoms with Gasteiger partial charge in [0.1, 0.15) is 0 Å². The summed E-state index contributed by atoms with van der Waals surface area (Å²) < 4.78 is 8.94. The average Bonchev–Trinajstić information content (AvgIpc) is 2.16. The molecule has 0 aromatic heterocycles. The van der Waals surface area contributed by atoms with Crippen LogP contribution in [0.2, 0.25) is 0 Å². The highest BCUT2D eigenvalue weighted by molar-refractivity contribution is 5.75. The molecule has 0 unspecified atom stereocenters. The fourth-order valence-corrected chi connectivity index (χ4v) is 0.920. The molecular weight excluding hydrogens is 183 g/mol. The second-order valence-corrected chi connectivity index (χ2v) is 2.71. The smallest absolute Gasteiger partial charge is 0.305 e. The van der Waals surface area contributed by atoms with Crippen molar-refractivity contribution < 1.29 is 19.1 Å². The SMILES string of the molecule is COC(=O)CCCCCC(=O)OC.[B]. The molecule has 0 aliphatic carbocycles. The van der Waals surface area contributed by atoms with E-state index in [1.807, 2.05) is 0 Å². The molecule has 0 fully saturated rings. The molecule has 0 aliphatic heterocycles. The first-order valence-electron chi connectivity index (χ1n) is 4.34. The third-order valence-electron chi connectivity index (χ3n) is 1.72. The molecule has 0 aromatic carbocycles. The van der Waals surface area contributed by atoms with Crippen molar-refractivity contribution >= 4 is 20.4 Å². The van der Waals surface area contributed by atoms with Gasteiger partial charge in [-0.3, -0.25) is 9.59 Å². The van der Waals surface area contributed by atoms with Gasteiger partial charge in [0.05, 0.1) is 14.2 Å². The summed E-state index contributed by atoms with van der Waals surface area (Å²) >= 11 is 0. The van der Waals surface area contributed by atoms with E-state index in [2.05, 4.69) is 9.47 Å². The van der Waals surface area contributed by atoms with Crippen molar-refractivity contribution in [3.63, 3.8) is 0 Å². The summed E-state index contributed by atoms with van der Waals surface area (Å²) in [6.45, 7) is 0. The van der Waals surface area contributed by atoms with E-state index in [9.17, 15) is 9.59 Å². The van der Waals surface area contributed by atoms with Crippen LogP contribution < -0.4 is 0 Å². The van der Waals surface area contributed by atoms with Crippen molar-refractivity contribution in [2.75, 3.05) is 14.2 Å². The van der Waals surface area contributed by atoms with Gasteiger partial charge in [0.25, 0.3) is 0 Å². The molecule has 14 heavy (non-hydrogen) atoms. The van der Waals surface area contributed by atoms with Crippen molar-refractivity contribution in [1.82, 2.24) is 0 Å². The molecular formula is C9H16BO4. The molecule has 0 heterocycles. The molecule has 0 spiro atoms. The topological polar surface area (TPSA) is 52.6 Å². The van der Waals surface area contributed by atoms with Gasteiger partial charge in [-0.2, -0.15) is 0 Å². The third kappa shape index (κ3) is 9.10. The van der Waals surface area contributed by atoms with E-state index >= 15 is 0 Å². The molecule has 0 N–H and O–H groups in total. The van der Waals surface area contributed by atoms with Gasteiger partial charge in [-0.05, 0) is 12.8 Å². The summed E-state index contributed by atoms with van der Waals surface area (Å²) in [7, 11) is 2.74. The molecule has 3 radical (unpaired) electrons. The molecule has 4 nitrogen and oxygen atoms in total. The van der Waals surface area contributed by atoms with Crippen molar-refractivity contribution in [1.29, 1.82) is 0 Å². The summed E-state index contributed by atoms with van der Waals surface area (Å²) in [6, 6.07) is 0. The fourth-order valence-electron chi connectivity index (χ4n) is 0.920. The van der Waals surface area contributed by atoms with E-state index in [1.54, 1.807) is 0 Å². The van der Waals surface area contributed by atoms with E-state index in [-0.39, 0.29) is 20.4 Å². The van der Waals surface area contributed by atoms with Crippen molar-refractivity contribution in [3.8, 4) is 0 Å². The molecule has 79 valence electrons. The molecule has 0 rings (SSSR count). The van der Waals surface area contributed by atoms with Gasteiger partial charge < -0.3 is 9.47 Å². The van der Waals surface area contributed by atoms with E-state index < -0.39 is 0 Å². The summed E-state index contributed by atoms with van der Waals surface area (Å²) in [5.74, 6) is -0.392. The summed E-state index contributed by atoms with van der Waals surface area (Å²) in [6.07, 6.45) is 3.24. The Labute approximate surface area is 86.5 Å². The largest absolute Gasteiger partial charge is 0.469 e. The van der Waals surface area contributed by atoms with Crippen LogP contribution in [0.1, 0.15) is 32.1 Å². The maximum atomic E-state index is 10.7. The minimum Gasteiger partial charge on any atom is -0.469 e. The number of esters is 2. The Morgan fingerprint density at radius 1 is 0.857 bits per heavy atom. The fraction of sp³-hybridized carbons (Fsp3) is 0.778. The zero-order chi connectivity index (χ0) is 10.1. The molecule has 0 atom stereocenters. The van der Waals surface area contributed by atoms with Crippen LogP contribution in [0, 0.1) is 0 Å². The van der Waals surface area contributed by atoms with Crippen molar-refractivity contribution in [2.24, 2.45) is 0 Å². The maximum absolute atomic E-state index is 10.7. The molecule has 5 heteroatoms. The first-order chi connectivity index (χ1) is 6.20. The minimum absolute atomic E-state index is 0. The Bertz CT molecular complexity index is 152. The predicted octanol–water partition coefficient (Wildman–Crippen LogP) is 0.902. The highest BCUT2D eigenvalue weighted by Gasteiger charge is 2.01. The Kier molecular flexibility index (Phi) is 11.2. The molecule has 0 bridgehead atoms. The summed E-state index contributed by atoms with van der Waals surface area (Å²) in [4.78, 5) is 21.3. The third-order valence-corrected chi connectivity index (χ3v) is 1.72. The molecule has 0 aromatic rings. The number of carbonyl (C=O) groups is 2. The molecule has 0 saturated carbocycles. The van der Waals surface area contributed by atoms with Crippen LogP contribution >= 0.6 is 0 Å². The van der Waals surface area contributed by atoms with Gasteiger partial charge in [-0.25, -0.2) is 0 Å². The Hall–Kier alpha value is -0.995. The van der Waals surface area contributed by atoms with Crippen LogP contribution in [0.3, 0.4) is 0 Å². The van der Waals surface area contributed by atoms with E-state index in [0.29, 0.717) is 12.8 Å². The standard InChI is InChI=1S/C9H16O4.B/c1-12-8(10)6-4-3-5-7-9(11)13-2;/h3-7H2,1-2H3;. The minimum atomic E-state index is -0.196. The van der Waals surface area contributed by atoms with Crippen LogP contribution in [0.25, 0.3) is 0 Å². The van der Waals surface area contributed by atoms with Crippen molar-refractivity contribution in [3.05, 3.63) is 0 Å². The molecule has 0 aliphatic rings. The number of ether oxygens (including phenoxy) is 2. The Balaban J connectivity index is 0. The van der Waals surface area contributed by atoms with Crippen LogP contribution in [0.4, 0.5) is 0 Å². The number of hydrogen-bond donors (Lipinski definition) is 0. The van der Waals surface area contributed by atoms with Gasteiger partial charge in [-0.1, -0.05) is 6.42 Å². The maximum Gasteiger partial charge on any atom is 0.305 e. The van der Waals surface area contributed by atoms with Crippen LogP contribution in [0.5, 0.6) is 0 Å². The first-order valence-corrected chi connectivity index (χ1v) is 4.34. The van der Waals surface area contributed by atoms with E-state index in [0.717, 1.165) is 19.3 Å². The zero-order valence-corrected chi connectivity index (χ0v) is 8.75. The molecule has 0 amide bonds. The lowest BCUT2D eigenvalue weighted by Crippen LogP contribution is -2.01. The number of carbonyl (C=O) groups excluding carboxylic acids is 2. The second kappa shape index (κ2) is 10.1. The Morgan fingerprint density at radius 3 is 1.50 bits per heavy atom. The average molecular weight is 199 g/mol. The number of hydrogen-bond acceptors (Lipinski definition) is 4. The van der Waals surface area contributed by atoms with Gasteiger partial charge in [0.15, 0.2) is 0 Å². The van der Waals surface area contributed by atoms with Crippen LogP contribution in [0.15, 0.2) is 0 Å².